The van der Waals surface area contributed by atoms with Crippen LogP contribution in [0.1, 0.15) is 155 Å². The summed E-state index contributed by atoms with van der Waals surface area (Å²) in [5, 5.41) is 2.78. The van der Waals surface area contributed by atoms with Gasteiger partial charge >= 0.3 is 71.1 Å². The van der Waals surface area contributed by atoms with Crippen LogP contribution in [0.2, 0.25) is 0 Å². The van der Waals surface area contributed by atoms with Crippen LogP contribution in [0.25, 0.3) is 0 Å². The largest absolute Gasteiger partial charge is 1.00 e. The molecule has 0 heterocycles. The molecule has 0 bridgehead atoms. The van der Waals surface area contributed by atoms with Crippen molar-refractivity contribution in [1.82, 2.24) is 5.32 Å². The predicted octanol–water partition coefficient (Wildman–Crippen LogP) is 0.0329. The van der Waals surface area contributed by atoms with Gasteiger partial charge in [0.2, 0.25) is 5.91 Å². The number of unbranched alkanes of at least 4 members (excludes halogenated alkanes) is 18. The summed E-state index contributed by atoms with van der Waals surface area (Å²) in [6.45, 7) is 3.42. The fraction of sp³-hybridized carbons (Fsp3) is 0.903. The van der Waals surface area contributed by atoms with Crippen LogP contribution in [-0.4, -0.2) is 43.7 Å². The predicted molar refractivity (Wildman–Crippen MR) is 160 cm³/mol. The van der Waals surface area contributed by atoms with E-state index in [2.05, 4.69) is 16.8 Å². The topological polar surface area (TPSA) is 154 Å². The van der Waals surface area contributed by atoms with Crippen LogP contribution in [0.5, 0.6) is 0 Å². The molecule has 248 valence electrons. The molecule has 0 fully saturated rings. The molecule has 0 aromatic carbocycles. The van der Waals surface area contributed by atoms with E-state index in [0.29, 0.717) is 12.8 Å². The van der Waals surface area contributed by atoms with Crippen LogP contribution in [0, 0.1) is 0 Å². The molecule has 0 spiro atoms. The van der Waals surface area contributed by atoms with E-state index in [1.807, 2.05) is 0 Å². The first-order chi connectivity index (χ1) is 20.1. The van der Waals surface area contributed by atoms with Crippen molar-refractivity contribution in [3.8, 4) is 0 Å². The van der Waals surface area contributed by atoms with Crippen molar-refractivity contribution in [2.75, 3.05) is 19.8 Å². The summed E-state index contributed by atoms with van der Waals surface area (Å²) in [4.78, 5) is 56.9. The summed E-state index contributed by atoms with van der Waals surface area (Å²) < 4.78 is 25.6. The minimum atomic E-state index is -5.25. The van der Waals surface area contributed by atoms with E-state index in [-0.39, 0.29) is 84.5 Å². The average molecular weight is 666 g/mol. The van der Waals surface area contributed by atoms with Crippen molar-refractivity contribution in [3.63, 3.8) is 0 Å². The number of carbonyl (C=O) groups excluding carboxylic acids is 3. The van der Waals surface area contributed by atoms with Gasteiger partial charge in [-0.1, -0.05) is 116 Å². The number of nitrogens with one attached hydrogen (secondary N) is 1. The van der Waals surface area contributed by atoms with E-state index in [4.69, 9.17) is 9.47 Å². The maximum Gasteiger partial charge on any atom is 1.00 e. The Morgan fingerprint density at radius 2 is 1.05 bits per heavy atom. The van der Waals surface area contributed by atoms with Crippen molar-refractivity contribution >= 4 is 25.7 Å². The van der Waals surface area contributed by atoms with Crippen molar-refractivity contribution in [2.45, 2.75) is 161 Å². The number of hydrogen-bond acceptors (Lipinski definition) is 9. The Balaban J connectivity index is -0.00000840. The second-order valence-corrected chi connectivity index (χ2v) is 12.4. The molecule has 1 amide bonds. The molecule has 0 aliphatic carbocycles. The summed E-state index contributed by atoms with van der Waals surface area (Å²) >= 11 is 0. The summed E-state index contributed by atoms with van der Waals surface area (Å²) in [7, 11) is -5.25. The molecular formula is C31H58NNa2O9P. The van der Waals surface area contributed by atoms with Crippen molar-refractivity contribution < 1.29 is 102 Å². The van der Waals surface area contributed by atoms with E-state index in [9.17, 15) is 28.7 Å². The molecule has 0 aromatic heterocycles. The molecule has 10 nitrogen and oxygen atoms in total. The Bertz CT molecular complexity index is 741. The molecule has 0 saturated heterocycles. The number of phosphoric acid groups is 1. The Labute approximate surface area is 311 Å². The van der Waals surface area contributed by atoms with Gasteiger partial charge < -0.3 is 33.7 Å². The molecule has 13 heteroatoms. The molecule has 1 N–H and O–H groups in total. The minimum absolute atomic E-state index is 0. The van der Waals surface area contributed by atoms with Crippen LogP contribution < -0.4 is 74.2 Å². The summed E-state index contributed by atoms with van der Waals surface area (Å²) in [5.41, 5.74) is 0. The van der Waals surface area contributed by atoms with Gasteiger partial charge in [0, 0.05) is 26.3 Å². The van der Waals surface area contributed by atoms with Gasteiger partial charge in [0.25, 0.3) is 0 Å². The summed E-state index contributed by atoms with van der Waals surface area (Å²) in [6, 6.07) is 0. The van der Waals surface area contributed by atoms with Crippen molar-refractivity contribution in [3.05, 3.63) is 0 Å². The van der Waals surface area contributed by atoms with Gasteiger partial charge in [-0.15, -0.1) is 0 Å². The van der Waals surface area contributed by atoms with E-state index in [1.54, 1.807) is 0 Å². The number of hydrogen-bond donors (Lipinski definition) is 1. The van der Waals surface area contributed by atoms with Gasteiger partial charge in [0.05, 0.1) is 14.4 Å². The first kappa shape index (κ1) is 48.9. The van der Waals surface area contributed by atoms with E-state index < -0.39 is 32.5 Å². The van der Waals surface area contributed by atoms with Crippen LogP contribution in [0.4, 0.5) is 0 Å². The molecule has 0 saturated carbocycles. The van der Waals surface area contributed by atoms with Gasteiger partial charge in [-0.25, -0.2) is 0 Å². The Morgan fingerprint density at radius 3 is 1.48 bits per heavy atom. The van der Waals surface area contributed by atoms with E-state index in [1.165, 1.54) is 58.3 Å². The SMILES string of the molecule is CCCCCCCCCCCCCCC(=O)O[C@@H](COC(=O)CCCCCCCCCCNC(C)=O)COP(=O)([O-])[O-].[Na+].[Na+]. The van der Waals surface area contributed by atoms with Crippen molar-refractivity contribution in [2.24, 2.45) is 0 Å². The summed E-state index contributed by atoms with van der Waals surface area (Å²) in [5.74, 6) is -1.00. The molecule has 44 heavy (non-hydrogen) atoms. The third kappa shape index (κ3) is 38.7. The van der Waals surface area contributed by atoms with Gasteiger partial charge in [-0.2, -0.15) is 0 Å². The fourth-order valence-electron chi connectivity index (χ4n) is 4.62. The smallest absolute Gasteiger partial charge is 0.790 e. The molecule has 1 atom stereocenters. The minimum Gasteiger partial charge on any atom is -0.790 e. The third-order valence-electron chi connectivity index (χ3n) is 7.06. The van der Waals surface area contributed by atoms with Crippen LogP contribution >= 0.6 is 7.82 Å². The second-order valence-electron chi connectivity index (χ2n) is 11.2. The Kier molecular flexibility index (Phi) is 38.7. The number of carbonyl (C=O) groups is 3. The molecular weight excluding hydrogens is 607 g/mol. The first-order valence-electron chi connectivity index (χ1n) is 16.4. The van der Waals surface area contributed by atoms with Crippen LogP contribution in [0.3, 0.4) is 0 Å². The number of rotatable bonds is 30. The first-order valence-corrected chi connectivity index (χ1v) is 17.9. The standard InChI is InChI=1S/C31H60NO9P.2Na/c1-3-4-5-6-7-8-9-10-11-15-18-21-24-31(35)41-29(27-40-42(36,37)38)26-39-30(34)23-20-17-14-12-13-16-19-22-25-32-28(2)33;;/h29H,3-27H2,1-2H3,(H,32,33)(H2,36,37,38);;/q;2*+1/p-2/t29-;;/m0../s1. The third-order valence-corrected chi connectivity index (χ3v) is 7.53. The zero-order valence-corrected chi connectivity index (χ0v) is 33.3. The fourth-order valence-corrected chi connectivity index (χ4v) is 4.97. The maximum absolute atomic E-state index is 12.2. The Morgan fingerprint density at radius 1 is 0.636 bits per heavy atom. The maximum atomic E-state index is 12.2. The zero-order valence-electron chi connectivity index (χ0n) is 28.4. The zero-order chi connectivity index (χ0) is 31.3. The number of esters is 2. The molecule has 0 unspecified atom stereocenters. The van der Waals surface area contributed by atoms with Gasteiger partial charge in [0.15, 0.2) is 6.10 Å². The molecule has 0 aliphatic heterocycles. The van der Waals surface area contributed by atoms with Gasteiger partial charge in [-0.3, -0.25) is 14.4 Å². The number of phosphoric ester groups is 1. The van der Waals surface area contributed by atoms with Gasteiger partial charge in [-0.05, 0) is 19.3 Å². The van der Waals surface area contributed by atoms with Gasteiger partial charge in [0.1, 0.15) is 6.61 Å². The van der Waals surface area contributed by atoms with Crippen molar-refractivity contribution in [1.29, 1.82) is 0 Å². The monoisotopic (exact) mass is 665 g/mol. The van der Waals surface area contributed by atoms with Crippen LogP contribution in [0.15, 0.2) is 0 Å². The average Bonchev–Trinajstić information content (AvgIpc) is 2.93. The van der Waals surface area contributed by atoms with E-state index in [0.717, 1.165) is 70.8 Å². The van der Waals surface area contributed by atoms with E-state index >= 15 is 0 Å². The quantitative estimate of drug-likeness (QED) is 0.0485. The van der Waals surface area contributed by atoms with Crippen LogP contribution in [-0.2, 0) is 32.9 Å². The second kappa shape index (κ2) is 34.8. The molecule has 0 rings (SSSR count). The summed E-state index contributed by atoms with van der Waals surface area (Å²) in [6.07, 6.45) is 21.2. The number of amides is 1. The molecule has 0 aromatic rings. The molecule has 0 radical (unpaired) electrons. The number of ether oxygens (including phenoxy) is 2. The normalized spacial score (nSPS) is 11.6. The molecule has 0 aliphatic rings. The Hall–Kier alpha value is 0.520.